The second-order valence-electron chi connectivity index (χ2n) is 4.35. The van der Waals surface area contributed by atoms with Gasteiger partial charge < -0.3 is 15.4 Å². The molecular formula is C14H21BrN2O2. The van der Waals surface area contributed by atoms with Crippen molar-refractivity contribution in [1.29, 1.82) is 0 Å². The van der Waals surface area contributed by atoms with E-state index in [2.05, 4.69) is 26.6 Å². The molecule has 5 heteroatoms. The number of benzene rings is 1. The van der Waals surface area contributed by atoms with Crippen LogP contribution in [0.1, 0.15) is 24.5 Å². The zero-order valence-corrected chi connectivity index (χ0v) is 13.3. The molecule has 0 saturated carbocycles. The van der Waals surface area contributed by atoms with Gasteiger partial charge in [-0.1, -0.05) is 15.9 Å². The van der Waals surface area contributed by atoms with E-state index in [1.165, 1.54) is 0 Å². The van der Waals surface area contributed by atoms with Gasteiger partial charge in [-0.3, -0.25) is 0 Å². The third kappa shape index (κ3) is 5.61. The number of hydrogen-bond donors (Lipinski definition) is 2. The first kappa shape index (κ1) is 16.0. The van der Waals surface area contributed by atoms with Crippen molar-refractivity contribution < 1.29 is 9.53 Å². The summed E-state index contributed by atoms with van der Waals surface area (Å²) < 4.78 is 6.23. The molecule has 0 atom stereocenters. The second-order valence-corrected chi connectivity index (χ2v) is 5.26. The van der Waals surface area contributed by atoms with E-state index in [0.29, 0.717) is 19.8 Å². The quantitative estimate of drug-likeness (QED) is 0.783. The van der Waals surface area contributed by atoms with Gasteiger partial charge in [0.2, 0.25) is 0 Å². The Morgan fingerprint density at radius 2 is 1.95 bits per heavy atom. The van der Waals surface area contributed by atoms with Crippen molar-refractivity contribution >= 4 is 27.6 Å². The van der Waals surface area contributed by atoms with Crippen molar-refractivity contribution in [3.8, 4) is 0 Å². The molecule has 1 aromatic carbocycles. The maximum atomic E-state index is 11.8. The van der Waals surface area contributed by atoms with E-state index in [0.717, 1.165) is 27.7 Å². The Kier molecular flexibility index (Phi) is 6.87. The number of ether oxygens (including phenoxy) is 1. The minimum atomic E-state index is -0.176. The number of hydrogen-bond acceptors (Lipinski definition) is 2. The lowest BCUT2D eigenvalue weighted by Gasteiger charge is -2.13. The van der Waals surface area contributed by atoms with Crippen LogP contribution in [0, 0.1) is 13.8 Å². The Bertz CT molecular complexity index is 412. The number of urea groups is 1. The van der Waals surface area contributed by atoms with Gasteiger partial charge in [0.1, 0.15) is 0 Å². The van der Waals surface area contributed by atoms with Crippen LogP contribution >= 0.6 is 15.9 Å². The first-order chi connectivity index (χ1) is 9.04. The van der Waals surface area contributed by atoms with Crippen LogP contribution in [0.4, 0.5) is 10.5 Å². The van der Waals surface area contributed by atoms with Crippen molar-refractivity contribution in [3.05, 3.63) is 27.7 Å². The van der Waals surface area contributed by atoms with E-state index in [-0.39, 0.29) is 6.03 Å². The molecule has 0 heterocycles. The predicted octanol–water partition coefficient (Wildman–Crippen LogP) is 3.61. The van der Waals surface area contributed by atoms with E-state index in [1.54, 1.807) is 0 Å². The number of carbonyl (C=O) groups is 1. The third-order valence-electron chi connectivity index (χ3n) is 2.69. The molecule has 0 aliphatic rings. The van der Waals surface area contributed by atoms with Crippen LogP contribution in [0.5, 0.6) is 0 Å². The molecule has 0 spiro atoms. The zero-order chi connectivity index (χ0) is 14.3. The van der Waals surface area contributed by atoms with Crippen LogP contribution in [-0.2, 0) is 4.74 Å². The zero-order valence-electron chi connectivity index (χ0n) is 11.7. The van der Waals surface area contributed by atoms with Crippen molar-refractivity contribution in [2.75, 3.05) is 25.1 Å². The SMILES string of the molecule is CCOCCCNC(=O)Nc1c(C)cc(Br)cc1C. The summed E-state index contributed by atoms with van der Waals surface area (Å²) in [5, 5.41) is 5.70. The van der Waals surface area contributed by atoms with Gasteiger partial charge in [0.25, 0.3) is 0 Å². The average molecular weight is 329 g/mol. The normalized spacial score (nSPS) is 10.3. The fourth-order valence-corrected chi connectivity index (χ4v) is 2.47. The van der Waals surface area contributed by atoms with Gasteiger partial charge in [0.05, 0.1) is 0 Å². The lowest BCUT2D eigenvalue weighted by Crippen LogP contribution is -2.30. The highest BCUT2D eigenvalue weighted by Crippen LogP contribution is 2.24. The molecule has 0 saturated heterocycles. The van der Waals surface area contributed by atoms with E-state index < -0.39 is 0 Å². The van der Waals surface area contributed by atoms with Gasteiger partial charge in [-0.2, -0.15) is 0 Å². The van der Waals surface area contributed by atoms with Crippen LogP contribution in [0.25, 0.3) is 0 Å². The molecule has 1 aromatic rings. The second kappa shape index (κ2) is 8.17. The first-order valence-electron chi connectivity index (χ1n) is 6.44. The molecule has 0 aliphatic heterocycles. The van der Waals surface area contributed by atoms with Gasteiger partial charge in [-0.15, -0.1) is 0 Å². The molecule has 2 N–H and O–H groups in total. The molecule has 19 heavy (non-hydrogen) atoms. The van der Waals surface area contributed by atoms with Crippen molar-refractivity contribution in [3.63, 3.8) is 0 Å². The monoisotopic (exact) mass is 328 g/mol. The lowest BCUT2D eigenvalue weighted by molar-refractivity contribution is 0.145. The summed E-state index contributed by atoms with van der Waals surface area (Å²) in [5.41, 5.74) is 2.94. The van der Waals surface area contributed by atoms with Gasteiger partial charge in [0, 0.05) is 29.9 Å². The Morgan fingerprint density at radius 3 is 2.53 bits per heavy atom. The molecule has 4 nitrogen and oxygen atoms in total. The third-order valence-corrected chi connectivity index (χ3v) is 3.15. The molecule has 0 aliphatic carbocycles. The van der Waals surface area contributed by atoms with Crippen molar-refractivity contribution in [1.82, 2.24) is 5.32 Å². The molecular weight excluding hydrogens is 308 g/mol. The number of amides is 2. The number of rotatable bonds is 6. The fourth-order valence-electron chi connectivity index (χ4n) is 1.79. The van der Waals surface area contributed by atoms with E-state index in [4.69, 9.17) is 4.74 Å². The summed E-state index contributed by atoms with van der Waals surface area (Å²) >= 11 is 3.44. The molecule has 0 unspecified atom stereocenters. The highest BCUT2D eigenvalue weighted by molar-refractivity contribution is 9.10. The Labute approximate surface area is 123 Å². The van der Waals surface area contributed by atoms with E-state index >= 15 is 0 Å². The number of aryl methyl sites for hydroxylation is 2. The number of anilines is 1. The topological polar surface area (TPSA) is 50.4 Å². The summed E-state index contributed by atoms with van der Waals surface area (Å²) in [5.74, 6) is 0. The predicted molar refractivity (Wildman–Crippen MR) is 81.7 cm³/mol. The average Bonchev–Trinajstić information content (AvgIpc) is 2.33. The maximum absolute atomic E-state index is 11.8. The fraction of sp³-hybridized carbons (Fsp3) is 0.500. The molecule has 0 fully saturated rings. The van der Waals surface area contributed by atoms with Gasteiger partial charge in [-0.25, -0.2) is 4.79 Å². The molecule has 0 aromatic heterocycles. The summed E-state index contributed by atoms with van der Waals surface area (Å²) in [6.07, 6.45) is 0.819. The van der Waals surface area contributed by atoms with Crippen molar-refractivity contribution in [2.24, 2.45) is 0 Å². The summed E-state index contributed by atoms with van der Waals surface area (Å²) in [4.78, 5) is 11.8. The molecule has 0 radical (unpaired) electrons. The van der Waals surface area contributed by atoms with Crippen LogP contribution in [0.2, 0.25) is 0 Å². The molecule has 2 amide bonds. The standard InChI is InChI=1S/C14H21BrN2O2/c1-4-19-7-5-6-16-14(18)17-13-10(2)8-12(15)9-11(13)3/h8-9H,4-7H2,1-3H3,(H2,16,17,18). The summed E-state index contributed by atoms with van der Waals surface area (Å²) in [6.45, 7) is 7.90. The van der Waals surface area contributed by atoms with Crippen LogP contribution in [0.15, 0.2) is 16.6 Å². The highest BCUT2D eigenvalue weighted by atomic mass is 79.9. The van der Waals surface area contributed by atoms with Crippen molar-refractivity contribution in [2.45, 2.75) is 27.2 Å². The Hall–Kier alpha value is -1.07. The number of nitrogens with one attached hydrogen (secondary N) is 2. The Balaban J connectivity index is 2.44. The smallest absolute Gasteiger partial charge is 0.319 e. The largest absolute Gasteiger partial charge is 0.382 e. The Morgan fingerprint density at radius 1 is 1.32 bits per heavy atom. The first-order valence-corrected chi connectivity index (χ1v) is 7.23. The molecule has 0 bridgehead atoms. The summed E-state index contributed by atoms with van der Waals surface area (Å²) in [7, 11) is 0. The molecule has 106 valence electrons. The number of halogens is 1. The van der Waals surface area contributed by atoms with Crippen LogP contribution in [0.3, 0.4) is 0 Å². The lowest BCUT2D eigenvalue weighted by atomic mass is 10.1. The van der Waals surface area contributed by atoms with E-state index in [9.17, 15) is 4.79 Å². The van der Waals surface area contributed by atoms with Gasteiger partial charge in [-0.05, 0) is 50.5 Å². The van der Waals surface area contributed by atoms with Gasteiger partial charge >= 0.3 is 6.03 Å². The van der Waals surface area contributed by atoms with Crippen LogP contribution in [-0.4, -0.2) is 25.8 Å². The van der Waals surface area contributed by atoms with E-state index in [1.807, 2.05) is 32.9 Å². The summed E-state index contributed by atoms with van der Waals surface area (Å²) in [6, 6.07) is 3.79. The van der Waals surface area contributed by atoms with Gasteiger partial charge in [0.15, 0.2) is 0 Å². The molecule has 1 rings (SSSR count). The van der Waals surface area contributed by atoms with Crippen LogP contribution < -0.4 is 10.6 Å². The minimum absolute atomic E-state index is 0.176. The minimum Gasteiger partial charge on any atom is -0.382 e. The maximum Gasteiger partial charge on any atom is 0.319 e. The highest BCUT2D eigenvalue weighted by Gasteiger charge is 2.07. The number of carbonyl (C=O) groups excluding carboxylic acids is 1.